The van der Waals surface area contributed by atoms with Gasteiger partial charge in [0.1, 0.15) is 23.2 Å². The van der Waals surface area contributed by atoms with E-state index in [0.717, 1.165) is 17.6 Å². The summed E-state index contributed by atoms with van der Waals surface area (Å²) in [6, 6.07) is 6.48. The first kappa shape index (κ1) is 15.7. The monoisotopic (exact) mass is 320 g/mol. The average Bonchev–Trinajstić information content (AvgIpc) is 2.90. The highest BCUT2D eigenvalue weighted by atomic mass is 19.1. The van der Waals surface area contributed by atoms with Gasteiger partial charge < -0.3 is 15.1 Å². The standard InChI is InChI=1S/C17H18F2N2O2/c1-10-2-3-14(23-10)9-20-15-4-5-16(22)21-17(15)11-6-12(18)8-13(19)7-11/h2-3,6-8,15,17,20H,4-5,9H2,1H3,(H,21,22)/t15-,17+/m1/s1. The van der Waals surface area contributed by atoms with Crippen LogP contribution in [-0.2, 0) is 11.3 Å². The smallest absolute Gasteiger partial charge is 0.220 e. The van der Waals surface area contributed by atoms with E-state index in [1.807, 2.05) is 19.1 Å². The van der Waals surface area contributed by atoms with Crippen LogP contribution in [-0.4, -0.2) is 11.9 Å². The summed E-state index contributed by atoms with van der Waals surface area (Å²) in [6.07, 6.45) is 0.970. The second-order valence-corrected chi connectivity index (χ2v) is 5.79. The summed E-state index contributed by atoms with van der Waals surface area (Å²) >= 11 is 0. The summed E-state index contributed by atoms with van der Waals surface area (Å²) < 4.78 is 32.5. The summed E-state index contributed by atoms with van der Waals surface area (Å²) in [6.45, 7) is 2.35. The van der Waals surface area contributed by atoms with Gasteiger partial charge >= 0.3 is 0 Å². The molecule has 6 heteroatoms. The number of rotatable bonds is 4. The van der Waals surface area contributed by atoms with E-state index in [1.54, 1.807) is 0 Å². The van der Waals surface area contributed by atoms with Crippen molar-refractivity contribution in [2.75, 3.05) is 0 Å². The van der Waals surface area contributed by atoms with Crippen molar-refractivity contribution in [1.29, 1.82) is 0 Å². The van der Waals surface area contributed by atoms with Crippen molar-refractivity contribution in [3.8, 4) is 0 Å². The number of halogens is 2. The van der Waals surface area contributed by atoms with Crippen LogP contribution in [0.3, 0.4) is 0 Å². The van der Waals surface area contributed by atoms with E-state index in [0.29, 0.717) is 24.9 Å². The first-order chi connectivity index (χ1) is 11.0. The third-order valence-corrected chi connectivity index (χ3v) is 3.98. The minimum absolute atomic E-state index is 0.119. The summed E-state index contributed by atoms with van der Waals surface area (Å²) in [5.41, 5.74) is 0.420. The van der Waals surface area contributed by atoms with Gasteiger partial charge in [0.05, 0.1) is 12.6 Å². The Kier molecular flexibility index (Phi) is 4.43. The number of furan rings is 1. The van der Waals surface area contributed by atoms with Crippen molar-refractivity contribution in [2.24, 2.45) is 0 Å². The third kappa shape index (κ3) is 3.76. The zero-order valence-electron chi connectivity index (χ0n) is 12.7. The molecule has 2 atom stereocenters. The number of nitrogens with one attached hydrogen (secondary N) is 2. The molecule has 0 spiro atoms. The largest absolute Gasteiger partial charge is 0.465 e. The number of hydrogen-bond acceptors (Lipinski definition) is 3. The highest BCUT2D eigenvalue weighted by Crippen LogP contribution is 2.26. The molecule has 2 heterocycles. The number of carbonyl (C=O) groups is 1. The Balaban J connectivity index is 1.77. The van der Waals surface area contributed by atoms with Crippen molar-refractivity contribution < 1.29 is 18.0 Å². The Morgan fingerprint density at radius 3 is 2.65 bits per heavy atom. The van der Waals surface area contributed by atoms with Crippen LogP contribution < -0.4 is 10.6 Å². The lowest BCUT2D eigenvalue weighted by molar-refractivity contribution is -0.123. The lowest BCUT2D eigenvalue weighted by Crippen LogP contribution is -2.48. The number of hydrogen-bond donors (Lipinski definition) is 2. The van der Waals surface area contributed by atoms with Crippen molar-refractivity contribution in [2.45, 2.75) is 38.4 Å². The van der Waals surface area contributed by atoms with Crippen LogP contribution in [0.2, 0.25) is 0 Å². The van der Waals surface area contributed by atoms with Gasteiger partial charge in [-0.3, -0.25) is 4.79 Å². The molecule has 23 heavy (non-hydrogen) atoms. The fourth-order valence-electron chi connectivity index (χ4n) is 2.90. The Bertz CT molecular complexity index is 694. The fourth-order valence-corrected chi connectivity index (χ4v) is 2.90. The second-order valence-electron chi connectivity index (χ2n) is 5.79. The SMILES string of the molecule is Cc1ccc(CN[C@@H]2CCC(=O)N[C@H]2c2cc(F)cc(F)c2)o1. The molecule has 2 aromatic rings. The molecule has 1 saturated heterocycles. The average molecular weight is 320 g/mol. The molecule has 2 N–H and O–H groups in total. The second kappa shape index (κ2) is 6.50. The summed E-state index contributed by atoms with van der Waals surface area (Å²) in [7, 11) is 0. The van der Waals surface area contributed by atoms with Gasteiger partial charge in [-0.25, -0.2) is 8.78 Å². The lowest BCUT2D eigenvalue weighted by Gasteiger charge is -2.33. The minimum atomic E-state index is -0.653. The highest BCUT2D eigenvalue weighted by Gasteiger charge is 2.30. The van der Waals surface area contributed by atoms with Gasteiger partial charge in [-0.1, -0.05) is 0 Å². The minimum Gasteiger partial charge on any atom is -0.465 e. The molecule has 0 radical (unpaired) electrons. The van der Waals surface area contributed by atoms with Crippen LogP contribution in [0.4, 0.5) is 8.78 Å². The molecule has 0 bridgehead atoms. The molecule has 0 aliphatic carbocycles. The normalized spacial score (nSPS) is 21.3. The molecule has 0 unspecified atom stereocenters. The Labute approximate surface area is 132 Å². The van der Waals surface area contributed by atoms with Gasteiger partial charge in [-0.05, 0) is 43.2 Å². The van der Waals surface area contributed by atoms with Crippen molar-refractivity contribution in [3.63, 3.8) is 0 Å². The molecule has 0 saturated carbocycles. The maximum absolute atomic E-state index is 13.5. The number of benzene rings is 1. The van der Waals surface area contributed by atoms with Gasteiger partial charge in [0.2, 0.25) is 5.91 Å². The van der Waals surface area contributed by atoms with Crippen molar-refractivity contribution in [3.05, 3.63) is 59.1 Å². The molecular weight excluding hydrogens is 302 g/mol. The molecule has 1 aromatic heterocycles. The lowest BCUT2D eigenvalue weighted by atomic mass is 9.91. The van der Waals surface area contributed by atoms with Gasteiger partial charge in [-0.15, -0.1) is 0 Å². The first-order valence-electron chi connectivity index (χ1n) is 7.55. The topological polar surface area (TPSA) is 54.3 Å². The predicted octanol–water partition coefficient (Wildman–Crippen LogP) is 2.98. The molecule has 1 aromatic carbocycles. The number of piperidine rings is 1. The van der Waals surface area contributed by atoms with Crippen molar-refractivity contribution in [1.82, 2.24) is 10.6 Å². The maximum atomic E-state index is 13.5. The third-order valence-electron chi connectivity index (χ3n) is 3.98. The molecule has 1 fully saturated rings. The molecule has 122 valence electrons. The molecule has 1 aliphatic rings. The van der Waals surface area contributed by atoms with E-state index >= 15 is 0 Å². The predicted molar refractivity (Wildman–Crippen MR) is 80.5 cm³/mol. The Morgan fingerprint density at radius 2 is 2.00 bits per heavy atom. The number of amides is 1. The first-order valence-corrected chi connectivity index (χ1v) is 7.55. The maximum Gasteiger partial charge on any atom is 0.220 e. The number of aryl methyl sites for hydroxylation is 1. The number of carbonyl (C=O) groups excluding carboxylic acids is 1. The quantitative estimate of drug-likeness (QED) is 0.910. The van der Waals surface area contributed by atoms with Gasteiger partial charge in [-0.2, -0.15) is 0 Å². The molecule has 1 aliphatic heterocycles. The Hall–Kier alpha value is -2.21. The highest BCUT2D eigenvalue weighted by molar-refractivity contribution is 5.77. The molecular formula is C17H18F2N2O2. The van der Waals surface area contributed by atoms with E-state index in [2.05, 4.69) is 10.6 Å². The van der Waals surface area contributed by atoms with Crippen LogP contribution in [0, 0.1) is 18.6 Å². The Morgan fingerprint density at radius 1 is 1.26 bits per heavy atom. The van der Waals surface area contributed by atoms with Crippen LogP contribution in [0.25, 0.3) is 0 Å². The fraction of sp³-hybridized carbons (Fsp3) is 0.353. The molecule has 3 rings (SSSR count). The summed E-state index contributed by atoms with van der Waals surface area (Å²) in [5, 5.41) is 6.12. The van der Waals surface area contributed by atoms with E-state index in [1.165, 1.54) is 12.1 Å². The van der Waals surface area contributed by atoms with Crippen LogP contribution in [0.1, 0.15) is 36.0 Å². The van der Waals surface area contributed by atoms with E-state index in [4.69, 9.17) is 4.42 Å². The molecule has 4 nitrogen and oxygen atoms in total. The van der Waals surface area contributed by atoms with E-state index in [9.17, 15) is 13.6 Å². The zero-order valence-corrected chi connectivity index (χ0v) is 12.7. The van der Waals surface area contributed by atoms with Crippen LogP contribution >= 0.6 is 0 Å². The van der Waals surface area contributed by atoms with Crippen molar-refractivity contribution >= 4 is 5.91 Å². The molecule has 1 amide bonds. The summed E-state index contributed by atoms with van der Waals surface area (Å²) in [4.78, 5) is 11.7. The van der Waals surface area contributed by atoms with Gasteiger partial charge in [0.25, 0.3) is 0 Å². The van der Waals surface area contributed by atoms with Crippen LogP contribution in [0.5, 0.6) is 0 Å². The van der Waals surface area contributed by atoms with Gasteiger partial charge in [0.15, 0.2) is 0 Å². The van der Waals surface area contributed by atoms with E-state index < -0.39 is 17.7 Å². The van der Waals surface area contributed by atoms with Crippen LogP contribution in [0.15, 0.2) is 34.7 Å². The summed E-state index contributed by atoms with van der Waals surface area (Å²) in [5.74, 6) is 0.179. The zero-order chi connectivity index (χ0) is 16.4. The van der Waals surface area contributed by atoms with E-state index in [-0.39, 0.29) is 11.9 Å². The van der Waals surface area contributed by atoms with Gasteiger partial charge in [0, 0.05) is 18.5 Å².